The Bertz CT molecular complexity index is 309. The van der Waals surface area contributed by atoms with Crippen LogP contribution in [0.2, 0.25) is 0 Å². The summed E-state index contributed by atoms with van der Waals surface area (Å²) in [5.41, 5.74) is -0.818. The number of carbonyl (C=O) groups is 1. The molecule has 0 radical (unpaired) electrons. The average Bonchev–Trinajstić information content (AvgIpc) is 2.65. The van der Waals surface area contributed by atoms with Crippen molar-refractivity contribution in [1.29, 1.82) is 0 Å². The van der Waals surface area contributed by atoms with Crippen LogP contribution in [-0.4, -0.2) is 46.7 Å². The van der Waals surface area contributed by atoms with Crippen molar-refractivity contribution in [2.24, 2.45) is 5.92 Å². The van der Waals surface area contributed by atoms with E-state index < -0.39 is 11.5 Å². The number of nitrogens with zero attached hydrogens (tertiary/aromatic N) is 1. The van der Waals surface area contributed by atoms with Crippen molar-refractivity contribution in [1.82, 2.24) is 10.2 Å². The Labute approximate surface area is 117 Å². The molecule has 0 aliphatic carbocycles. The number of hydrogen-bond donors (Lipinski definition) is 2. The quantitative estimate of drug-likeness (QED) is 0.745. The summed E-state index contributed by atoms with van der Waals surface area (Å²) in [6, 6.07) is 0.861. The van der Waals surface area contributed by atoms with E-state index in [2.05, 4.69) is 37.9 Å². The van der Waals surface area contributed by atoms with Crippen LogP contribution in [0.5, 0.6) is 0 Å². The minimum absolute atomic E-state index is 0.297. The minimum atomic E-state index is -0.818. The Morgan fingerprint density at radius 1 is 1.53 bits per heavy atom. The van der Waals surface area contributed by atoms with Crippen LogP contribution in [0.4, 0.5) is 0 Å². The summed E-state index contributed by atoms with van der Waals surface area (Å²) in [6.07, 6.45) is 2.82. The van der Waals surface area contributed by atoms with Gasteiger partial charge in [-0.3, -0.25) is 9.69 Å². The maximum Gasteiger partial charge on any atom is 0.323 e. The fourth-order valence-electron chi connectivity index (χ4n) is 3.29. The predicted molar refractivity (Wildman–Crippen MR) is 78.4 cm³/mol. The second-order valence-corrected chi connectivity index (χ2v) is 6.50. The van der Waals surface area contributed by atoms with Gasteiger partial charge in [0.25, 0.3) is 0 Å². The van der Waals surface area contributed by atoms with E-state index in [1.54, 1.807) is 0 Å². The number of carboxylic acids is 1. The summed E-state index contributed by atoms with van der Waals surface area (Å²) in [7, 11) is 0. The van der Waals surface area contributed by atoms with Crippen LogP contribution < -0.4 is 5.32 Å². The number of carboxylic acid groups (broad SMARTS) is 1. The lowest BCUT2D eigenvalue weighted by molar-refractivity contribution is -0.145. The van der Waals surface area contributed by atoms with Gasteiger partial charge in [-0.05, 0) is 52.5 Å². The second kappa shape index (κ2) is 6.71. The third-order valence-corrected chi connectivity index (χ3v) is 4.34. The summed E-state index contributed by atoms with van der Waals surface area (Å²) in [4.78, 5) is 14.0. The van der Waals surface area contributed by atoms with E-state index in [1.165, 1.54) is 6.42 Å². The Hall–Kier alpha value is -0.610. The standard InChI is InChI=1S/C15H30N2O2/c1-6-7-16-15(5,14(18)19)9-13(4)17-10-11(2)8-12(17)3/h11-13,16H,6-10H2,1-5H3,(H,18,19). The first kappa shape index (κ1) is 16.4. The maximum atomic E-state index is 11.5. The first-order valence-corrected chi connectivity index (χ1v) is 7.54. The van der Waals surface area contributed by atoms with Gasteiger partial charge in [-0.2, -0.15) is 0 Å². The SMILES string of the molecule is CCCNC(C)(CC(C)N1CC(C)CC1C)C(=O)O. The van der Waals surface area contributed by atoms with Crippen molar-refractivity contribution in [3.8, 4) is 0 Å². The molecule has 0 amide bonds. The molecule has 1 aliphatic heterocycles. The monoisotopic (exact) mass is 270 g/mol. The molecule has 0 aromatic carbocycles. The largest absolute Gasteiger partial charge is 0.480 e. The Balaban J connectivity index is 2.66. The van der Waals surface area contributed by atoms with E-state index in [4.69, 9.17) is 0 Å². The molecule has 4 unspecified atom stereocenters. The molecule has 0 aromatic heterocycles. The third kappa shape index (κ3) is 4.18. The van der Waals surface area contributed by atoms with Crippen LogP contribution in [0.3, 0.4) is 0 Å². The van der Waals surface area contributed by atoms with Crippen LogP contribution >= 0.6 is 0 Å². The molecule has 1 rings (SSSR count). The van der Waals surface area contributed by atoms with Crippen molar-refractivity contribution in [2.45, 2.75) is 71.5 Å². The highest BCUT2D eigenvalue weighted by molar-refractivity contribution is 5.78. The fraction of sp³-hybridized carbons (Fsp3) is 0.933. The first-order chi connectivity index (χ1) is 8.80. The lowest BCUT2D eigenvalue weighted by atomic mass is 9.92. The Kier molecular flexibility index (Phi) is 5.81. The van der Waals surface area contributed by atoms with Gasteiger partial charge in [0.05, 0.1) is 0 Å². The van der Waals surface area contributed by atoms with E-state index in [-0.39, 0.29) is 0 Å². The number of aliphatic carboxylic acids is 1. The zero-order valence-electron chi connectivity index (χ0n) is 13.1. The van der Waals surface area contributed by atoms with Gasteiger partial charge >= 0.3 is 5.97 Å². The van der Waals surface area contributed by atoms with Crippen LogP contribution in [-0.2, 0) is 4.79 Å². The molecule has 4 nitrogen and oxygen atoms in total. The highest BCUT2D eigenvalue weighted by atomic mass is 16.4. The van der Waals surface area contributed by atoms with Crippen molar-refractivity contribution in [3.05, 3.63) is 0 Å². The molecule has 112 valence electrons. The minimum Gasteiger partial charge on any atom is -0.480 e. The average molecular weight is 270 g/mol. The molecule has 0 spiro atoms. The molecular formula is C15H30N2O2. The number of rotatable bonds is 7. The highest BCUT2D eigenvalue weighted by Crippen LogP contribution is 2.28. The summed E-state index contributed by atoms with van der Waals surface area (Å²) in [6.45, 7) is 12.4. The van der Waals surface area contributed by atoms with Crippen LogP contribution in [0.15, 0.2) is 0 Å². The smallest absolute Gasteiger partial charge is 0.323 e. The molecule has 1 saturated heterocycles. The van der Waals surface area contributed by atoms with Crippen molar-refractivity contribution < 1.29 is 9.90 Å². The third-order valence-electron chi connectivity index (χ3n) is 4.34. The first-order valence-electron chi connectivity index (χ1n) is 7.54. The van der Waals surface area contributed by atoms with Crippen LogP contribution in [0.25, 0.3) is 0 Å². The maximum absolute atomic E-state index is 11.5. The molecule has 19 heavy (non-hydrogen) atoms. The highest BCUT2D eigenvalue weighted by Gasteiger charge is 2.38. The normalized spacial score (nSPS) is 29.1. The molecule has 1 fully saturated rings. The molecule has 1 aliphatic rings. The number of likely N-dealkylation sites (tertiary alicyclic amines) is 1. The van der Waals surface area contributed by atoms with Gasteiger partial charge in [0.2, 0.25) is 0 Å². The molecular weight excluding hydrogens is 240 g/mol. The van der Waals surface area contributed by atoms with Gasteiger partial charge < -0.3 is 10.4 Å². The summed E-state index contributed by atoms with van der Waals surface area (Å²) in [5.74, 6) is -0.0233. The molecule has 4 atom stereocenters. The predicted octanol–water partition coefficient (Wildman–Crippen LogP) is 2.34. The van der Waals surface area contributed by atoms with Gasteiger partial charge in [-0.1, -0.05) is 13.8 Å². The van der Waals surface area contributed by atoms with Gasteiger partial charge in [-0.15, -0.1) is 0 Å². The molecule has 4 heteroatoms. The number of hydrogen-bond acceptors (Lipinski definition) is 3. The van der Waals surface area contributed by atoms with Gasteiger partial charge in [0.15, 0.2) is 0 Å². The molecule has 0 saturated carbocycles. The lowest BCUT2D eigenvalue weighted by Crippen LogP contribution is -2.54. The van der Waals surface area contributed by atoms with Crippen molar-refractivity contribution in [3.63, 3.8) is 0 Å². The van der Waals surface area contributed by atoms with Crippen molar-refractivity contribution >= 4 is 5.97 Å². The van der Waals surface area contributed by atoms with E-state index >= 15 is 0 Å². The van der Waals surface area contributed by atoms with Gasteiger partial charge in [0, 0.05) is 18.6 Å². The summed E-state index contributed by atoms with van der Waals surface area (Å²) in [5, 5.41) is 12.7. The fourth-order valence-corrected chi connectivity index (χ4v) is 3.29. The second-order valence-electron chi connectivity index (χ2n) is 6.50. The van der Waals surface area contributed by atoms with Gasteiger partial charge in [0.1, 0.15) is 5.54 Å². The molecule has 2 N–H and O–H groups in total. The number of nitrogens with one attached hydrogen (secondary N) is 1. The summed E-state index contributed by atoms with van der Waals surface area (Å²) >= 11 is 0. The Morgan fingerprint density at radius 2 is 2.16 bits per heavy atom. The van der Waals surface area contributed by atoms with E-state index in [0.717, 1.165) is 25.4 Å². The van der Waals surface area contributed by atoms with Crippen LogP contribution in [0.1, 0.15) is 53.9 Å². The molecule has 0 bridgehead atoms. The van der Waals surface area contributed by atoms with Gasteiger partial charge in [-0.25, -0.2) is 0 Å². The van der Waals surface area contributed by atoms with Crippen molar-refractivity contribution in [2.75, 3.05) is 13.1 Å². The molecule has 1 heterocycles. The van der Waals surface area contributed by atoms with E-state index in [9.17, 15) is 9.90 Å². The zero-order valence-corrected chi connectivity index (χ0v) is 13.1. The lowest BCUT2D eigenvalue weighted by Gasteiger charge is -2.35. The summed E-state index contributed by atoms with van der Waals surface area (Å²) < 4.78 is 0. The zero-order chi connectivity index (χ0) is 14.6. The topological polar surface area (TPSA) is 52.6 Å². The molecule has 0 aromatic rings. The van der Waals surface area contributed by atoms with Crippen LogP contribution in [0, 0.1) is 5.92 Å². The van der Waals surface area contributed by atoms with E-state index in [0.29, 0.717) is 18.5 Å². The van der Waals surface area contributed by atoms with E-state index in [1.807, 2.05) is 6.92 Å². The Morgan fingerprint density at radius 3 is 2.58 bits per heavy atom.